The molecule has 26 heavy (non-hydrogen) atoms. The van der Waals surface area contributed by atoms with E-state index in [1.54, 1.807) is 25.1 Å². The van der Waals surface area contributed by atoms with E-state index in [2.05, 4.69) is 0 Å². The molecule has 0 spiro atoms. The minimum absolute atomic E-state index is 0.0134. The number of para-hydroxylation sites is 1. The molecule has 140 valence electrons. The number of nitrogens with zero attached hydrogens (tertiary/aromatic N) is 1. The minimum Gasteiger partial charge on any atom is -0.492 e. The molecule has 9 heteroatoms. The molecule has 1 aliphatic rings. The number of benzene rings is 2. The van der Waals surface area contributed by atoms with Crippen LogP contribution in [-0.2, 0) is 19.9 Å². The van der Waals surface area contributed by atoms with Gasteiger partial charge in [-0.25, -0.2) is 21.2 Å². The summed E-state index contributed by atoms with van der Waals surface area (Å²) in [6.45, 7) is 1.76. The number of hydrogen-bond donors (Lipinski definition) is 0. The maximum absolute atomic E-state index is 13.0. The Balaban J connectivity index is 1.80. The van der Waals surface area contributed by atoms with Crippen molar-refractivity contribution in [2.24, 2.45) is 0 Å². The Kier molecular flexibility index (Phi) is 5.05. The molecule has 1 heterocycles. The van der Waals surface area contributed by atoms with Crippen LogP contribution < -0.4 is 4.74 Å². The quantitative estimate of drug-likeness (QED) is 0.695. The second-order valence-corrected chi connectivity index (χ2v) is 9.96. The summed E-state index contributed by atoms with van der Waals surface area (Å²) in [7, 11) is -7.57. The molecule has 0 radical (unpaired) electrons. The number of halogens is 1. The van der Waals surface area contributed by atoms with Gasteiger partial charge in [-0.15, -0.1) is 0 Å². The fraction of sp³-hybridized carbons (Fsp3) is 0.294. The van der Waals surface area contributed by atoms with Crippen LogP contribution in [0.1, 0.15) is 6.92 Å². The van der Waals surface area contributed by atoms with Crippen molar-refractivity contribution in [2.45, 2.75) is 22.0 Å². The Morgan fingerprint density at radius 3 is 2.27 bits per heavy atom. The van der Waals surface area contributed by atoms with Gasteiger partial charge in [0.05, 0.1) is 16.8 Å². The summed E-state index contributed by atoms with van der Waals surface area (Å²) >= 11 is 0. The summed E-state index contributed by atoms with van der Waals surface area (Å²) in [5, 5.41) is -0.859. The summed E-state index contributed by atoms with van der Waals surface area (Å²) in [6, 6.07) is 10.8. The maximum Gasteiger partial charge on any atom is 0.246 e. The highest BCUT2D eigenvalue weighted by Gasteiger charge is 2.44. The number of ether oxygens (including phenoxy) is 1. The third-order valence-corrected chi connectivity index (χ3v) is 8.14. The molecule has 0 aliphatic carbocycles. The Labute approximate surface area is 152 Å². The zero-order chi connectivity index (χ0) is 18.9. The van der Waals surface area contributed by atoms with E-state index in [4.69, 9.17) is 4.74 Å². The number of hydrogen-bond acceptors (Lipinski definition) is 5. The maximum atomic E-state index is 13.0. The van der Waals surface area contributed by atoms with Gasteiger partial charge in [0, 0.05) is 13.1 Å². The van der Waals surface area contributed by atoms with Gasteiger partial charge in [0.1, 0.15) is 16.5 Å². The lowest BCUT2D eigenvalue weighted by Gasteiger charge is -2.37. The average molecular weight is 399 g/mol. The Morgan fingerprint density at radius 2 is 1.65 bits per heavy atom. The third-order valence-electron chi connectivity index (χ3n) is 4.16. The van der Waals surface area contributed by atoms with Crippen molar-refractivity contribution in [3.05, 3.63) is 54.3 Å². The molecule has 2 aromatic carbocycles. The van der Waals surface area contributed by atoms with Gasteiger partial charge in [-0.1, -0.05) is 12.1 Å². The molecule has 3 rings (SSSR count). The van der Waals surface area contributed by atoms with Crippen LogP contribution in [0.2, 0.25) is 0 Å². The Morgan fingerprint density at radius 1 is 1.04 bits per heavy atom. The van der Waals surface area contributed by atoms with E-state index >= 15 is 0 Å². The molecule has 0 bridgehead atoms. The normalized spacial score (nSPS) is 16.2. The zero-order valence-electron chi connectivity index (χ0n) is 14.0. The molecule has 1 aliphatic heterocycles. The van der Waals surface area contributed by atoms with Crippen molar-refractivity contribution in [1.29, 1.82) is 0 Å². The van der Waals surface area contributed by atoms with E-state index in [0.717, 1.165) is 16.4 Å². The molecular formula is C17H18FNO5S2. The molecule has 0 amide bonds. The van der Waals surface area contributed by atoms with Crippen LogP contribution in [0.25, 0.3) is 0 Å². The lowest BCUT2D eigenvalue weighted by Crippen LogP contribution is -2.56. The van der Waals surface area contributed by atoms with Gasteiger partial charge in [-0.3, -0.25) is 0 Å². The van der Waals surface area contributed by atoms with Crippen molar-refractivity contribution in [2.75, 3.05) is 19.7 Å². The van der Waals surface area contributed by atoms with Gasteiger partial charge >= 0.3 is 0 Å². The summed E-state index contributed by atoms with van der Waals surface area (Å²) < 4.78 is 70.1. The van der Waals surface area contributed by atoms with Gasteiger partial charge < -0.3 is 4.74 Å². The SMILES string of the molecule is CCOc1ccccc1S(=O)(=O)N1CC(S(=O)(=O)c2ccc(F)cc2)C1. The molecule has 6 nitrogen and oxygen atoms in total. The van der Waals surface area contributed by atoms with Gasteiger partial charge in [0.25, 0.3) is 0 Å². The molecule has 1 saturated heterocycles. The van der Waals surface area contributed by atoms with Crippen molar-refractivity contribution < 1.29 is 26.0 Å². The molecule has 1 fully saturated rings. The van der Waals surface area contributed by atoms with Crippen molar-refractivity contribution in [3.63, 3.8) is 0 Å². The van der Waals surface area contributed by atoms with Gasteiger partial charge in [0.2, 0.25) is 10.0 Å². The molecule has 0 atom stereocenters. The number of sulfonamides is 1. The van der Waals surface area contributed by atoms with Crippen LogP contribution in [0.5, 0.6) is 5.75 Å². The highest BCUT2D eigenvalue weighted by molar-refractivity contribution is 7.92. The van der Waals surface area contributed by atoms with Crippen LogP contribution in [0.15, 0.2) is 58.3 Å². The molecule has 0 saturated carbocycles. The first-order valence-corrected chi connectivity index (χ1v) is 11.0. The summed E-state index contributed by atoms with van der Waals surface area (Å²) in [6.07, 6.45) is 0. The topological polar surface area (TPSA) is 80.8 Å². The smallest absolute Gasteiger partial charge is 0.246 e. The Hall–Kier alpha value is -1.97. The fourth-order valence-corrected chi connectivity index (χ4v) is 6.19. The molecule has 0 aromatic heterocycles. The number of sulfone groups is 1. The van der Waals surface area contributed by atoms with Crippen LogP contribution >= 0.6 is 0 Å². The second kappa shape index (κ2) is 6.98. The Bertz CT molecular complexity index is 998. The average Bonchev–Trinajstić information content (AvgIpc) is 2.54. The monoisotopic (exact) mass is 399 g/mol. The largest absolute Gasteiger partial charge is 0.492 e. The first-order chi connectivity index (χ1) is 12.3. The van der Waals surface area contributed by atoms with E-state index in [-0.39, 0.29) is 28.6 Å². The van der Waals surface area contributed by atoms with Crippen LogP contribution in [0.3, 0.4) is 0 Å². The minimum atomic E-state index is -3.85. The predicted molar refractivity (Wildman–Crippen MR) is 93.7 cm³/mol. The number of rotatable bonds is 6. The van der Waals surface area contributed by atoms with Crippen molar-refractivity contribution in [3.8, 4) is 5.75 Å². The van der Waals surface area contributed by atoms with Crippen LogP contribution in [0, 0.1) is 5.82 Å². The highest BCUT2D eigenvalue weighted by Crippen LogP contribution is 2.32. The summed E-state index contributed by atoms with van der Waals surface area (Å²) in [5.74, 6) is -0.297. The first kappa shape index (κ1) is 18.8. The lowest BCUT2D eigenvalue weighted by molar-refractivity contribution is 0.302. The van der Waals surface area contributed by atoms with Crippen molar-refractivity contribution in [1.82, 2.24) is 4.31 Å². The predicted octanol–water partition coefficient (Wildman–Crippen LogP) is 2.07. The summed E-state index contributed by atoms with van der Waals surface area (Å²) in [4.78, 5) is -0.00450. The fourth-order valence-electron chi connectivity index (χ4n) is 2.69. The van der Waals surface area contributed by atoms with Gasteiger partial charge in [-0.2, -0.15) is 4.31 Å². The second-order valence-electron chi connectivity index (χ2n) is 5.82. The molecular weight excluding hydrogens is 381 g/mol. The zero-order valence-corrected chi connectivity index (χ0v) is 15.6. The van der Waals surface area contributed by atoms with E-state index < -0.39 is 30.9 Å². The van der Waals surface area contributed by atoms with E-state index in [1.807, 2.05) is 0 Å². The highest BCUT2D eigenvalue weighted by atomic mass is 32.2. The summed E-state index contributed by atoms with van der Waals surface area (Å²) in [5.41, 5.74) is 0. The van der Waals surface area contributed by atoms with Crippen LogP contribution in [0.4, 0.5) is 4.39 Å². The molecule has 0 N–H and O–H groups in total. The van der Waals surface area contributed by atoms with Gasteiger partial charge in [0.15, 0.2) is 9.84 Å². The lowest BCUT2D eigenvalue weighted by atomic mass is 10.3. The van der Waals surface area contributed by atoms with Gasteiger partial charge in [-0.05, 0) is 43.3 Å². The van der Waals surface area contributed by atoms with Crippen LogP contribution in [-0.4, -0.2) is 46.1 Å². The third kappa shape index (κ3) is 3.34. The van der Waals surface area contributed by atoms with E-state index in [9.17, 15) is 21.2 Å². The van der Waals surface area contributed by atoms with E-state index in [0.29, 0.717) is 6.61 Å². The van der Waals surface area contributed by atoms with E-state index in [1.165, 1.54) is 18.2 Å². The molecule has 0 unspecified atom stereocenters. The standard InChI is InChI=1S/C17H18FNO5S2/c1-2-24-16-5-3-4-6-17(16)26(22,23)19-11-15(12-19)25(20,21)14-9-7-13(18)8-10-14/h3-10,15H,2,11-12H2,1H3. The first-order valence-electron chi connectivity index (χ1n) is 7.98. The molecule has 2 aromatic rings. The van der Waals surface area contributed by atoms with Crippen molar-refractivity contribution >= 4 is 19.9 Å².